The Bertz CT molecular complexity index is 1610. The zero-order chi connectivity index (χ0) is 38.4. The molecule has 51 heavy (non-hydrogen) atoms. The van der Waals surface area contributed by atoms with E-state index < -0.39 is 23.2 Å². The van der Waals surface area contributed by atoms with Crippen molar-refractivity contribution in [1.29, 1.82) is 0 Å². The molecule has 286 valence electrons. The minimum atomic E-state index is -0.897. The quantitative estimate of drug-likeness (QED) is 0.243. The summed E-state index contributed by atoms with van der Waals surface area (Å²) in [6.07, 6.45) is 0.227. The molecule has 2 aliphatic rings. The van der Waals surface area contributed by atoms with Gasteiger partial charge < -0.3 is 33.9 Å². The number of ether oxygens (including phenoxy) is 3. The third-order valence-corrected chi connectivity index (χ3v) is 8.61. The second kappa shape index (κ2) is 17.2. The highest BCUT2D eigenvalue weighted by molar-refractivity contribution is 9.10. The van der Waals surface area contributed by atoms with E-state index in [0.29, 0.717) is 61.9 Å². The summed E-state index contributed by atoms with van der Waals surface area (Å²) in [5.74, 6) is -0.263. The lowest BCUT2D eigenvalue weighted by Crippen LogP contribution is -2.61. The average molecular weight is 784 g/mol. The number of halogens is 1. The second-order valence-electron chi connectivity index (χ2n) is 14.7. The van der Waals surface area contributed by atoms with Crippen molar-refractivity contribution in [2.24, 2.45) is 0 Å². The van der Waals surface area contributed by atoms with E-state index in [1.165, 1.54) is 4.52 Å². The molecule has 2 aromatic rings. The number of aromatic amines is 1. The number of nitrogens with zero attached hydrogens (tertiary/aromatic N) is 7. The number of hydrogen-bond acceptors (Lipinski definition) is 12. The molecule has 0 radical (unpaired) electrons. The van der Waals surface area contributed by atoms with Crippen LogP contribution in [0, 0.1) is 0 Å². The number of ketones is 1. The van der Waals surface area contributed by atoms with E-state index >= 15 is 0 Å². The van der Waals surface area contributed by atoms with Gasteiger partial charge in [0.15, 0.2) is 11.8 Å². The Hall–Kier alpha value is -3.73. The van der Waals surface area contributed by atoms with Crippen molar-refractivity contribution in [1.82, 2.24) is 34.3 Å². The zero-order valence-corrected chi connectivity index (χ0v) is 33.5. The van der Waals surface area contributed by atoms with Gasteiger partial charge >= 0.3 is 18.2 Å². The summed E-state index contributed by atoms with van der Waals surface area (Å²) in [4.78, 5) is 76.6. The van der Waals surface area contributed by atoms with Gasteiger partial charge in [-0.1, -0.05) is 13.8 Å². The minimum absolute atomic E-state index is 0.0397. The topological polar surface area (TPSA) is 172 Å². The van der Waals surface area contributed by atoms with E-state index in [0.717, 1.165) is 5.69 Å². The summed E-state index contributed by atoms with van der Waals surface area (Å²) >= 11 is 3.21. The van der Waals surface area contributed by atoms with Gasteiger partial charge in [0.1, 0.15) is 16.9 Å². The maximum Gasteiger partial charge on any atom is 0.410 e. The number of carbonyl (C=O) groups is 4. The summed E-state index contributed by atoms with van der Waals surface area (Å²) < 4.78 is 17.5. The molecule has 1 unspecified atom stereocenters. The van der Waals surface area contributed by atoms with Crippen molar-refractivity contribution in [3.05, 3.63) is 20.8 Å². The van der Waals surface area contributed by atoms with Crippen LogP contribution in [0.25, 0.3) is 5.78 Å². The van der Waals surface area contributed by atoms with E-state index in [2.05, 4.69) is 31.0 Å². The molecule has 3 atom stereocenters. The van der Waals surface area contributed by atoms with Gasteiger partial charge in [-0.05, 0) is 84.7 Å². The molecular weight excluding hydrogens is 728 g/mol. The lowest BCUT2D eigenvalue weighted by atomic mass is 10.0. The summed E-state index contributed by atoms with van der Waals surface area (Å²) in [7, 11) is 0. The number of Topliss-reactive ketones (excluding diaryl/α,β-unsaturated/α-hetero) is 1. The molecule has 2 fully saturated rings. The van der Waals surface area contributed by atoms with Crippen molar-refractivity contribution in [2.45, 2.75) is 118 Å². The molecule has 4 rings (SSSR count). The summed E-state index contributed by atoms with van der Waals surface area (Å²) in [6, 6.07) is -1.08. The van der Waals surface area contributed by atoms with Crippen LogP contribution in [0.15, 0.2) is 9.53 Å². The number of nitrogens with one attached hydrogen (secondary N) is 1. The van der Waals surface area contributed by atoms with Gasteiger partial charge in [0.2, 0.25) is 10.5 Å². The van der Waals surface area contributed by atoms with Crippen LogP contribution in [-0.2, 0) is 30.2 Å². The van der Waals surface area contributed by atoms with Gasteiger partial charge in [-0.15, -0.1) is 5.10 Å². The second-order valence-corrected chi connectivity index (χ2v) is 15.4. The standard InChI is InChI=1S/C17H25BrN6O3.C17H30N2O5/c1-6-11-12(13(25)24-15(19-11)20-14(18)21-24)23-8-7-22(9-10(23)2)16(26)27-17(3,4)5;1-7-13(20)14(15(21)23-8-2)19-10-9-18(11-12(19)3)16(22)24-17(4,5)6/h10H,6-9H2,1-5H3,(H,19,20,21);12,14H,7-11H2,1-6H3/t10-;12-,14?/m11/s1. The van der Waals surface area contributed by atoms with Crippen LogP contribution in [0.3, 0.4) is 0 Å². The van der Waals surface area contributed by atoms with E-state index in [9.17, 15) is 24.0 Å². The van der Waals surface area contributed by atoms with Crippen molar-refractivity contribution >= 4 is 51.3 Å². The number of rotatable bonds is 7. The van der Waals surface area contributed by atoms with Gasteiger partial charge in [-0.25, -0.2) is 14.4 Å². The molecule has 16 nitrogen and oxygen atoms in total. The molecule has 17 heteroatoms. The summed E-state index contributed by atoms with van der Waals surface area (Å²) in [6.45, 7) is 23.3. The Balaban J connectivity index is 0.000000278. The van der Waals surface area contributed by atoms with Crippen LogP contribution in [0.5, 0.6) is 0 Å². The molecule has 2 aliphatic heterocycles. The normalized spacial score (nSPS) is 19.3. The largest absolute Gasteiger partial charge is 0.464 e. The highest BCUT2D eigenvalue weighted by Crippen LogP contribution is 2.23. The maximum atomic E-state index is 13.0. The number of hydrogen-bond donors (Lipinski definition) is 1. The van der Waals surface area contributed by atoms with Crippen molar-refractivity contribution in [3.63, 3.8) is 0 Å². The van der Waals surface area contributed by atoms with Crippen LogP contribution < -0.4 is 10.5 Å². The first-order valence-corrected chi connectivity index (χ1v) is 18.3. The Morgan fingerprint density at radius 3 is 1.90 bits per heavy atom. The molecule has 2 aromatic heterocycles. The molecule has 0 aromatic carbocycles. The fraction of sp³-hybridized carbons (Fsp3) is 0.735. The van der Waals surface area contributed by atoms with E-state index in [-0.39, 0.29) is 48.6 Å². The SMILES string of the molecule is CCOC(=O)C(C(=O)CC)N1CCN(C(=O)OC(C)(C)C)C[C@H]1C.CCc1[nH]c2nc(Br)nn2c(=O)c1N1CCN(C(=O)OC(C)(C)C)C[C@H]1C. The first-order chi connectivity index (χ1) is 23.7. The fourth-order valence-corrected chi connectivity index (χ4v) is 6.31. The first-order valence-electron chi connectivity index (χ1n) is 17.6. The minimum Gasteiger partial charge on any atom is -0.464 e. The van der Waals surface area contributed by atoms with Crippen molar-refractivity contribution in [3.8, 4) is 0 Å². The number of amides is 2. The molecule has 2 saturated heterocycles. The number of anilines is 1. The summed E-state index contributed by atoms with van der Waals surface area (Å²) in [5, 5.41) is 4.12. The molecule has 1 N–H and O–H groups in total. The van der Waals surface area contributed by atoms with Gasteiger partial charge in [0.05, 0.1) is 6.61 Å². The van der Waals surface area contributed by atoms with Crippen molar-refractivity contribution < 1.29 is 33.4 Å². The van der Waals surface area contributed by atoms with E-state index in [4.69, 9.17) is 14.2 Å². The fourth-order valence-electron chi connectivity index (χ4n) is 5.98. The highest BCUT2D eigenvalue weighted by Gasteiger charge is 2.40. The Morgan fingerprint density at radius 1 is 0.882 bits per heavy atom. The Labute approximate surface area is 308 Å². The van der Waals surface area contributed by atoms with Gasteiger partial charge in [0, 0.05) is 63.5 Å². The number of H-pyrrole nitrogens is 1. The Kier molecular flexibility index (Phi) is 14.1. The van der Waals surface area contributed by atoms with E-state index in [1.807, 2.05) is 72.1 Å². The summed E-state index contributed by atoms with van der Waals surface area (Å²) in [5.41, 5.74) is 0.0959. The third kappa shape index (κ3) is 10.9. The third-order valence-electron chi connectivity index (χ3n) is 8.27. The smallest absolute Gasteiger partial charge is 0.410 e. The van der Waals surface area contributed by atoms with Gasteiger partial charge in [0.25, 0.3) is 5.56 Å². The van der Waals surface area contributed by atoms with E-state index in [1.54, 1.807) is 23.6 Å². The number of aryl methyl sites for hydroxylation is 1. The molecule has 4 heterocycles. The lowest BCUT2D eigenvalue weighted by Gasteiger charge is -2.42. The number of aromatic nitrogens is 4. The molecule has 0 aliphatic carbocycles. The monoisotopic (exact) mass is 782 g/mol. The molecule has 2 amide bonds. The maximum absolute atomic E-state index is 13.0. The number of carbonyl (C=O) groups excluding carboxylic acids is 4. The van der Waals surface area contributed by atoms with Crippen LogP contribution >= 0.6 is 15.9 Å². The molecular formula is C34H55BrN8O8. The number of fused-ring (bicyclic) bond motifs is 1. The van der Waals surface area contributed by atoms with Crippen molar-refractivity contribution in [2.75, 3.05) is 50.8 Å². The predicted octanol–water partition coefficient (Wildman–Crippen LogP) is 4.03. The average Bonchev–Trinajstić information content (AvgIpc) is 3.41. The van der Waals surface area contributed by atoms with Crippen LogP contribution in [0.1, 0.15) is 88.3 Å². The van der Waals surface area contributed by atoms with Crippen LogP contribution in [0.4, 0.5) is 15.3 Å². The molecule has 0 spiro atoms. The zero-order valence-electron chi connectivity index (χ0n) is 31.9. The molecule has 0 saturated carbocycles. The van der Waals surface area contributed by atoms with Gasteiger partial charge in [-0.2, -0.15) is 9.50 Å². The van der Waals surface area contributed by atoms with Crippen LogP contribution in [0.2, 0.25) is 0 Å². The lowest BCUT2D eigenvalue weighted by molar-refractivity contribution is -0.155. The van der Waals surface area contributed by atoms with Gasteiger partial charge in [-0.3, -0.25) is 14.5 Å². The first kappa shape index (κ1) is 41.7. The molecule has 0 bridgehead atoms. The highest BCUT2D eigenvalue weighted by atomic mass is 79.9. The number of piperazine rings is 2. The van der Waals surface area contributed by atoms with Crippen LogP contribution in [-0.4, -0.2) is 133 Å². The Morgan fingerprint density at radius 2 is 1.43 bits per heavy atom. The number of esters is 1. The predicted molar refractivity (Wildman–Crippen MR) is 195 cm³/mol.